The van der Waals surface area contributed by atoms with Gasteiger partial charge in [-0.25, -0.2) is 4.98 Å². The van der Waals surface area contributed by atoms with Crippen LogP contribution in [0.2, 0.25) is 0 Å². The minimum absolute atomic E-state index is 0.371. The molecule has 0 radical (unpaired) electrons. The van der Waals surface area contributed by atoms with Gasteiger partial charge in [0.15, 0.2) is 0 Å². The van der Waals surface area contributed by atoms with Crippen LogP contribution in [0.1, 0.15) is 51.1 Å². The van der Waals surface area contributed by atoms with E-state index in [9.17, 15) is 0 Å². The molecule has 21 heavy (non-hydrogen) atoms. The van der Waals surface area contributed by atoms with E-state index < -0.39 is 0 Å². The molecule has 1 saturated carbocycles. The minimum atomic E-state index is 0.371. The molecule has 0 amide bonds. The van der Waals surface area contributed by atoms with Gasteiger partial charge < -0.3 is 15.0 Å². The monoisotopic (exact) mass is 289 g/mol. The van der Waals surface area contributed by atoms with Crippen LogP contribution < -0.4 is 10.2 Å². The Kier molecular flexibility index (Phi) is 4.76. The van der Waals surface area contributed by atoms with Crippen molar-refractivity contribution >= 4 is 5.82 Å². The van der Waals surface area contributed by atoms with Crippen molar-refractivity contribution in [2.24, 2.45) is 0 Å². The van der Waals surface area contributed by atoms with Gasteiger partial charge in [-0.2, -0.15) is 0 Å². The highest BCUT2D eigenvalue weighted by Gasteiger charge is 2.36. The lowest BCUT2D eigenvalue weighted by Gasteiger charge is -2.38. The minimum Gasteiger partial charge on any atom is -0.374 e. The second-order valence-electron chi connectivity index (χ2n) is 6.23. The van der Waals surface area contributed by atoms with Crippen LogP contribution in [0.5, 0.6) is 0 Å². The fourth-order valence-corrected chi connectivity index (χ4v) is 3.51. The van der Waals surface area contributed by atoms with E-state index >= 15 is 0 Å². The SMILES string of the molecule is CCCNC(C)c1ccc(N2CCOC3CCCC32)nc1. The molecule has 1 aliphatic heterocycles. The van der Waals surface area contributed by atoms with Crippen molar-refractivity contribution in [3.05, 3.63) is 23.9 Å². The van der Waals surface area contributed by atoms with Crippen molar-refractivity contribution < 1.29 is 4.74 Å². The molecule has 1 aromatic rings. The van der Waals surface area contributed by atoms with Crippen molar-refractivity contribution in [1.82, 2.24) is 10.3 Å². The fourth-order valence-electron chi connectivity index (χ4n) is 3.51. The molecule has 2 heterocycles. The number of nitrogens with one attached hydrogen (secondary N) is 1. The van der Waals surface area contributed by atoms with Crippen LogP contribution in [-0.4, -0.2) is 36.8 Å². The number of hydrogen-bond acceptors (Lipinski definition) is 4. The highest BCUT2D eigenvalue weighted by molar-refractivity contribution is 5.42. The molecule has 2 fully saturated rings. The second-order valence-corrected chi connectivity index (χ2v) is 6.23. The van der Waals surface area contributed by atoms with Gasteiger partial charge in [-0.3, -0.25) is 0 Å². The molecule has 3 unspecified atom stereocenters. The maximum Gasteiger partial charge on any atom is 0.128 e. The Hall–Kier alpha value is -1.13. The van der Waals surface area contributed by atoms with E-state index in [1.807, 2.05) is 6.20 Å². The number of nitrogens with zero attached hydrogens (tertiary/aromatic N) is 2. The smallest absolute Gasteiger partial charge is 0.128 e. The average molecular weight is 289 g/mol. The van der Waals surface area contributed by atoms with E-state index in [0.29, 0.717) is 18.2 Å². The van der Waals surface area contributed by atoms with E-state index in [1.54, 1.807) is 0 Å². The normalized spacial score (nSPS) is 26.7. The zero-order valence-electron chi connectivity index (χ0n) is 13.2. The van der Waals surface area contributed by atoms with Crippen molar-refractivity contribution in [3.63, 3.8) is 0 Å². The van der Waals surface area contributed by atoms with E-state index in [1.165, 1.54) is 24.8 Å². The Bertz CT molecular complexity index is 448. The standard InChI is InChI=1S/C17H27N3O/c1-3-9-18-13(2)14-7-8-17(19-12-14)20-10-11-21-16-6-4-5-15(16)20/h7-8,12-13,15-16,18H,3-6,9-11H2,1-2H3. The Labute approximate surface area is 127 Å². The maximum absolute atomic E-state index is 5.88. The lowest BCUT2D eigenvalue weighted by molar-refractivity contribution is 0.0253. The molecular weight excluding hydrogens is 262 g/mol. The average Bonchev–Trinajstić information content (AvgIpc) is 3.01. The second kappa shape index (κ2) is 6.75. The number of morpholine rings is 1. The summed E-state index contributed by atoms with van der Waals surface area (Å²) < 4.78 is 5.88. The molecule has 1 aromatic heterocycles. The summed E-state index contributed by atoms with van der Waals surface area (Å²) in [5.74, 6) is 1.11. The van der Waals surface area contributed by atoms with Gasteiger partial charge >= 0.3 is 0 Å². The summed E-state index contributed by atoms with van der Waals surface area (Å²) >= 11 is 0. The first-order valence-electron chi connectivity index (χ1n) is 8.37. The first-order valence-corrected chi connectivity index (χ1v) is 8.37. The maximum atomic E-state index is 5.88. The molecular formula is C17H27N3O. The lowest BCUT2D eigenvalue weighted by atomic mass is 10.1. The Balaban J connectivity index is 1.68. The first kappa shape index (κ1) is 14.8. The van der Waals surface area contributed by atoms with Gasteiger partial charge in [0.05, 0.1) is 18.8 Å². The van der Waals surface area contributed by atoms with Crippen LogP contribution >= 0.6 is 0 Å². The van der Waals surface area contributed by atoms with Crippen LogP contribution in [0.4, 0.5) is 5.82 Å². The van der Waals surface area contributed by atoms with Crippen LogP contribution in [0.25, 0.3) is 0 Å². The Morgan fingerprint density at radius 1 is 1.43 bits per heavy atom. The van der Waals surface area contributed by atoms with Crippen molar-refractivity contribution in [1.29, 1.82) is 0 Å². The summed E-state index contributed by atoms with van der Waals surface area (Å²) in [6.07, 6.45) is 7.33. The summed E-state index contributed by atoms with van der Waals surface area (Å²) in [5.41, 5.74) is 1.27. The van der Waals surface area contributed by atoms with Gasteiger partial charge in [0.25, 0.3) is 0 Å². The Morgan fingerprint density at radius 3 is 3.10 bits per heavy atom. The van der Waals surface area contributed by atoms with Crippen LogP contribution in [0, 0.1) is 0 Å². The summed E-state index contributed by atoms with van der Waals surface area (Å²) in [4.78, 5) is 7.18. The van der Waals surface area contributed by atoms with Gasteiger partial charge in [0.2, 0.25) is 0 Å². The summed E-state index contributed by atoms with van der Waals surface area (Å²) in [6, 6.07) is 5.30. The van der Waals surface area contributed by atoms with Crippen molar-refractivity contribution in [2.45, 2.75) is 57.7 Å². The third kappa shape index (κ3) is 3.22. The predicted molar refractivity (Wildman–Crippen MR) is 85.7 cm³/mol. The molecule has 0 aromatic carbocycles. The van der Waals surface area contributed by atoms with Crippen molar-refractivity contribution in [2.75, 3.05) is 24.6 Å². The third-order valence-corrected chi connectivity index (χ3v) is 4.75. The molecule has 4 nitrogen and oxygen atoms in total. The number of aromatic nitrogens is 1. The van der Waals surface area contributed by atoms with Gasteiger partial charge in [-0.15, -0.1) is 0 Å². The van der Waals surface area contributed by atoms with Crippen LogP contribution in [0.3, 0.4) is 0 Å². The zero-order chi connectivity index (χ0) is 14.7. The molecule has 0 bridgehead atoms. The molecule has 0 spiro atoms. The molecule has 4 heteroatoms. The summed E-state index contributed by atoms with van der Waals surface area (Å²) in [7, 11) is 0. The van der Waals surface area contributed by atoms with Gasteiger partial charge in [-0.1, -0.05) is 13.0 Å². The number of anilines is 1. The molecule has 3 rings (SSSR count). The van der Waals surface area contributed by atoms with E-state index in [0.717, 1.165) is 31.9 Å². The highest BCUT2D eigenvalue weighted by Crippen LogP contribution is 2.32. The molecule has 1 N–H and O–H groups in total. The Morgan fingerprint density at radius 2 is 2.33 bits per heavy atom. The lowest BCUT2D eigenvalue weighted by Crippen LogP contribution is -2.49. The van der Waals surface area contributed by atoms with Gasteiger partial charge in [0.1, 0.15) is 5.82 Å². The molecule has 1 saturated heterocycles. The third-order valence-electron chi connectivity index (χ3n) is 4.75. The zero-order valence-corrected chi connectivity index (χ0v) is 13.2. The highest BCUT2D eigenvalue weighted by atomic mass is 16.5. The summed E-state index contributed by atoms with van der Waals surface area (Å²) in [6.45, 7) is 7.25. The molecule has 1 aliphatic carbocycles. The van der Waals surface area contributed by atoms with Crippen molar-refractivity contribution in [3.8, 4) is 0 Å². The topological polar surface area (TPSA) is 37.4 Å². The molecule has 116 valence electrons. The molecule has 2 aliphatic rings. The largest absolute Gasteiger partial charge is 0.374 e. The van der Waals surface area contributed by atoms with Crippen LogP contribution in [-0.2, 0) is 4.74 Å². The predicted octanol–water partition coefficient (Wildman–Crippen LogP) is 2.90. The summed E-state index contributed by atoms with van der Waals surface area (Å²) in [5, 5.41) is 3.51. The van der Waals surface area contributed by atoms with E-state index in [2.05, 4.69) is 36.2 Å². The van der Waals surface area contributed by atoms with Crippen LogP contribution in [0.15, 0.2) is 18.3 Å². The number of pyridine rings is 1. The number of hydrogen-bond donors (Lipinski definition) is 1. The molecule has 3 atom stereocenters. The number of ether oxygens (including phenoxy) is 1. The number of rotatable bonds is 5. The quantitative estimate of drug-likeness (QED) is 0.904. The van der Waals surface area contributed by atoms with Gasteiger partial charge in [0, 0.05) is 18.8 Å². The van der Waals surface area contributed by atoms with Gasteiger partial charge in [-0.05, 0) is 50.8 Å². The fraction of sp³-hybridized carbons (Fsp3) is 0.706. The van der Waals surface area contributed by atoms with E-state index in [-0.39, 0.29) is 0 Å². The van der Waals surface area contributed by atoms with E-state index in [4.69, 9.17) is 9.72 Å². The number of fused-ring (bicyclic) bond motifs is 1. The first-order chi connectivity index (χ1) is 10.3.